The Labute approximate surface area is 108 Å². The molecule has 1 aromatic rings. The zero-order chi connectivity index (χ0) is 13.2. The van der Waals surface area contributed by atoms with Gasteiger partial charge in [-0.25, -0.2) is 13.1 Å². The molecule has 5 nitrogen and oxygen atoms in total. The minimum absolute atomic E-state index is 0.268. The Morgan fingerprint density at radius 1 is 1.56 bits per heavy atom. The second-order valence-corrected chi connectivity index (χ2v) is 6.84. The third kappa shape index (κ3) is 2.46. The van der Waals surface area contributed by atoms with E-state index in [9.17, 15) is 8.42 Å². The Kier molecular flexibility index (Phi) is 3.79. The lowest BCUT2D eigenvalue weighted by molar-refractivity contribution is 0.191. The predicted octanol–water partition coefficient (Wildman–Crippen LogP) is 1.20. The molecule has 1 heterocycles. The lowest BCUT2D eigenvalue weighted by atomic mass is 9.74. The van der Waals surface area contributed by atoms with E-state index in [2.05, 4.69) is 16.6 Å². The molecule has 1 aliphatic carbocycles. The van der Waals surface area contributed by atoms with Crippen LogP contribution in [0.2, 0.25) is 0 Å². The molecule has 0 bridgehead atoms. The van der Waals surface area contributed by atoms with Crippen LogP contribution in [0, 0.1) is 5.92 Å². The van der Waals surface area contributed by atoms with Crippen molar-refractivity contribution in [2.45, 2.75) is 43.0 Å². The summed E-state index contributed by atoms with van der Waals surface area (Å²) >= 11 is 0. The fourth-order valence-corrected chi connectivity index (χ4v) is 4.22. The first kappa shape index (κ1) is 13.6. The summed E-state index contributed by atoms with van der Waals surface area (Å²) in [6.07, 6.45) is 7.10. The SMILES string of the molecule is CC1CCCCC1(CN)NS(=O)(=O)c1cc[nH]c1. The molecule has 1 saturated carbocycles. The quantitative estimate of drug-likeness (QED) is 0.769. The molecule has 6 heteroatoms. The van der Waals surface area contributed by atoms with Crippen LogP contribution in [0.25, 0.3) is 0 Å². The summed E-state index contributed by atoms with van der Waals surface area (Å²) in [5, 5.41) is 0. The van der Waals surface area contributed by atoms with Crippen molar-refractivity contribution in [1.82, 2.24) is 9.71 Å². The summed E-state index contributed by atoms with van der Waals surface area (Å²) in [6.45, 7) is 2.42. The maximum atomic E-state index is 12.3. The van der Waals surface area contributed by atoms with Crippen molar-refractivity contribution in [2.75, 3.05) is 6.54 Å². The Hall–Kier alpha value is -0.850. The van der Waals surface area contributed by atoms with E-state index >= 15 is 0 Å². The Morgan fingerprint density at radius 2 is 2.33 bits per heavy atom. The van der Waals surface area contributed by atoms with Crippen LogP contribution in [0.5, 0.6) is 0 Å². The van der Waals surface area contributed by atoms with Gasteiger partial charge in [-0.05, 0) is 24.8 Å². The van der Waals surface area contributed by atoms with Crippen LogP contribution in [0.3, 0.4) is 0 Å². The second-order valence-electron chi connectivity index (χ2n) is 5.16. The van der Waals surface area contributed by atoms with E-state index in [0.717, 1.165) is 25.7 Å². The van der Waals surface area contributed by atoms with Gasteiger partial charge in [-0.3, -0.25) is 0 Å². The van der Waals surface area contributed by atoms with Crippen LogP contribution < -0.4 is 10.5 Å². The molecule has 2 rings (SSSR count). The van der Waals surface area contributed by atoms with Crippen LogP contribution in [-0.4, -0.2) is 25.5 Å². The minimum Gasteiger partial charge on any atom is -0.366 e. The van der Waals surface area contributed by atoms with E-state index in [1.54, 1.807) is 12.3 Å². The van der Waals surface area contributed by atoms with Gasteiger partial charge in [0.2, 0.25) is 10.0 Å². The van der Waals surface area contributed by atoms with Gasteiger partial charge in [0, 0.05) is 24.5 Å². The molecule has 18 heavy (non-hydrogen) atoms. The third-order valence-electron chi connectivity index (χ3n) is 4.03. The van der Waals surface area contributed by atoms with E-state index in [1.165, 1.54) is 6.20 Å². The lowest BCUT2D eigenvalue weighted by Crippen LogP contribution is -2.58. The van der Waals surface area contributed by atoms with Gasteiger partial charge in [0.05, 0.1) is 4.90 Å². The molecular formula is C12H21N3O2S. The summed E-state index contributed by atoms with van der Waals surface area (Å²) in [7, 11) is -3.48. The lowest BCUT2D eigenvalue weighted by Gasteiger charge is -2.42. The van der Waals surface area contributed by atoms with Crippen molar-refractivity contribution in [2.24, 2.45) is 11.7 Å². The van der Waals surface area contributed by atoms with Crippen molar-refractivity contribution in [1.29, 1.82) is 0 Å². The molecule has 0 saturated heterocycles. The first-order chi connectivity index (χ1) is 8.50. The molecule has 0 aliphatic heterocycles. The molecule has 1 fully saturated rings. The van der Waals surface area contributed by atoms with Gasteiger partial charge < -0.3 is 10.7 Å². The molecule has 4 N–H and O–H groups in total. The van der Waals surface area contributed by atoms with E-state index in [-0.39, 0.29) is 10.8 Å². The summed E-state index contributed by atoms with van der Waals surface area (Å²) in [5.74, 6) is 0.268. The number of hydrogen-bond acceptors (Lipinski definition) is 3. The van der Waals surface area contributed by atoms with Crippen LogP contribution in [0.15, 0.2) is 23.4 Å². The molecule has 102 valence electrons. The average molecular weight is 271 g/mol. The average Bonchev–Trinajstić information content (AvgIpc) is 2.86. The molecule has 1 aliphatic rings. The molecule has 0 radical (unpaired) electrons. The number of aromatic amines is 1. The molecular weight excluding hydrogens is 250 g/mol. The van der Waals surface area contributed by atoms with Gasteiger partial charge in [0.15, 0.2) is 0 Å². The van der Waals surface area contributed by atoms with Crippen molar-refractivity contribution in [3.63, 3.8) is 0 Å². The normalized spacial score (nSPS) is 29.3. The zero-order valence-corrected chi connectivity index (χ0v) is 11.5. The van der Waals surface area contributed by atoms with Crippen LogP contribution in [-0.2, 0) is 10.0 Å². The summed E-state index contributed by atoms with van der Waals surface area (Å²) < 4.78 is 27.4. The van der Waals surface area contributed by atoms with Gasteiger partial charge in [0.1, 0.15) is 0 Å². The van der Waals surface area contributed by atoms with Crippen molar-refractivity contribution in [3.05, 3.63) is 18.5 Å². The molecule has 0 amide bonds. The highest BCUT2D eigenvalue weighted by Gasteiger charge is 2.40. The van der Waals surface area contributed by atoms with E-state index in [1.807, 2.05) is 0 Å². The fourth-order valence-electron chi connectivity index (χ4n) is 2.71. The molecule has 0 spiro atoms. The zero-order valence-electron chi connectivity index (χ0n) is 10.6. The molecule has 2 atom stereocenters. The largest absolute Gasteiger partial charge is 0.366 e. The second kappa shape index (κ2) is 5.03. The predicted molar refractivity (Wildman–Crippen MR) is 70.5 cm³/mol. The van der Waals surface area contributed by atoms with Crippen LogP contribution in [0.4, 0.5) is 0 Å². The first-order valence-electron chi connectivity index (χ1n) is 6.37. The van der Waals surface area contributed by atoms with Crippen LogP contribution >= 0.6 is 0 Å². The number of nitrogens with two attached hydrogens (primary N) is 1. The summed E-state index contributed by atoms with van der Waals surface area (Å²) in [4.78, 5) is 3.04. The first-order valence-corrected chi connectivity index (χ1v) is 7.85. The maximum Gasteiger partial charge on any atom is 0.242 e. The number of rotatable bonds is 4. The van der Waals surface area contributed by atoms with E-state index in [4.69, 9.17) is 5.73 Å². The van der Waals surface area contributed by atoms with E-state index in [0.29, 0.717) is 6.54 Å². The third-order valence-corrected chi connectivity index (χ3v) is 5.58. The van der Waals surface area contributed by atoms with Crippen LogP contribution in [0.1, 0.15) is 32.6 Å². The molecule has 0 aromatic carbocycles. The highest BCUT2D eigenvalue weighted by molar-refractivity contribution is 7.89. The number of sulfonamides is 1. The topological polar surface area (TPSA) is 88.0 Å². The number of hydrogen-bond donors (Lipinski definition) is 3. The smallest absolute Gasteiger partial charge is 0.242 e. The van der Waals surface area contributed by atoms with Crippen molar-refractivity contribution < 1.29 is 8.42 Å². The van der Waals surface area contributed by atoms with Gasteiger partial charge in [0.25, 0.3) is 0 Å². The number of H-pyrrole nitrogens is 1. The molecule has 1 aromatic heterocycles. The highest BCUT2D eigenvalue weighted by Crippen LogP contribution is 2.34. The number of nitrogens with one attached hydrogen (secondary N) is 2. The Morgan fingerprint density at radius 3 is 2.89 bits per heavy atom. The Balaban J connectivity index is 2.25. The molecule has 2 unspecified atom stereocenters. The monoisotopic (exact) mass is 271 g/mol. The number of aromatic nitrogens is 1. The highest BCUT2D eigenvalue weighted by atomic mass is 32.2. The fraction of sp³-hybridized carbons (Fsp3) is 0.667. The van der Waals surface area contributed by atoms with Gasteiger partial charge in [-0.2, -0.15) is 0 Å². The minimum atomic E-state index is -3.48. The van der Waals surface area contributed by atoms with Crippen molar-refractivity contribution >= 4 is 10.0 Å². The summed E-state index contributed by atoms with van der Waals surface area (Å²) in [5.41, 5.74) is 5.36. The van der Waals surface area contributed by atoms with Gasteiger partial charge >= 0.3 is 0 Å². The van der Waals surface area contributed by atoms with E-state index < -0.39 is 15.6 Å². The maximum absolute atomic E-state index is 12.3. The van der Waals surface area contributed by atoms with Gasteiger partial charge in [-0.1, -0.05) is 19.8 Å². The standard InChI is InChI=1S/C12H21N3O2S/c1-10-4-2-3-6-12(10,9-13)15-18(16,17)11-5-7-14-8-11/h5,7-8,10,14-15H,2-4,6,9,13H2,1H3. The van der Waals surface area contributed by atoms with Gasteiger partial charge in [-0.15, -0.1) is 0 Å². The Bertz CT molecular complexity index is 483. The summed E-state index contributed by atoms with van der Waals surface area (Å²) in [6, 6.07) is 1.56. The van der Waals surface area contributed by atoms with Crippen molar-refractivity contribution in [3.8, 4) is 0 Å².